The van der Waals surface area contributed by atoms with Crippen LogP contribution in [0.15, 0.2) is 72.8 Å². The van der Waals surface area contributed by atoms with Gasteiger partial charge in [-0.3, -0.25) is 9.59 Å². The highest BCUT2D eigenvalue weighted by atomic mass is 16.6. The van der Waals surface area contributed by atoms with Gasteiger partial charge in [0.1, 0.15) is 0 Å². The lowest BCUT2D eigenvalue weighted by molar-refractivity contribution is -0.148. The van der Waals surface area contributed by atoms with Crippen LogP contribution < -0.4 is 0 Å². The van der Waals surface area contributed by atoms with Crippen LogP contribution in [-0.2, 0) is 9.53 Å². The predicted octanol–water partition coefficient (Wildman–Crippen LogP) is 4.19. The number of carbonyl (C=O) groups is 2. The van der Waals surface area contributed by atoms with E-state index in [0.29, 0.717) is 18.4 Å². The molecule has 1 aliphatic carbocycles. The summed E-state index contributed by atoms with van der Waals surface area (Å²) >= 11 is 0. The van der Waals surface area contributed by atoms with Gasteiger partial charge < -0.3 is 4.74 Å². The van der Waals surface area contributed by atoms with E-state index in [1.807, 2.05) is 72.8 Å². The Balaban J connectivity index is 1.74. The predicted molar refractivity (Wildman–Crippen MR) is 100 cm³/mol. The van der Waals surface area contributed by atoms with Gasteiger partial charge in [-0.1, -0.05) is 60.5 Å². The lowest BCUT2D eigenvalue weighted by Gasteiger charge is -2.22. The van der Waals surface area contributed by atoms with Gasteiger partial charge in [-0.25, -0.2) is 0 Å². The van der Waals surface area contributed by atoms with E-state index in [0.717, 1.165) is 5.56 Å². The fourth-order valence-corrected chi connectivity index (χ4v) is 3.09. The summed E-state index contributed by atoms with van der Waals surface area (Å²) in [4.78, 5) is 24.0. The Kier molecular flexibility index (Phi) is 5.34. The fraction of sp³-hybridized carbons (Fsp3) is 0.217. The average molecular weight is 344 g/mol. The van der Waals surface area contributed by atoms with Crippen molar-refractivity contribution in [3.63, 3.8) is 0 Å². The number of esters is 1. The molecule has 3 rings (SSSR count). The van der Waals surface area contributed by atoms with Gasteiger partial charge >= 0.3 is 5.97 Å². The largest absolute Gasteiger partial charge is 0.442 e. The number of ketones is 1. The molecular weight excluding hydrogens is 324 g/mol. The molecule has 3 heteroatoms. The standard InChI is InChI=1S/C23H20O3/c1-18(24)26-23(14-12-19-8-4-2-5-9-19)15-13-20(17-23)16-22(25)21-10-6-3-7-11-21/h2-11,13,15,20H,16-17H2,1H3/t20-,23-/m1/s1. The smallest absolute Gasteiger partial charge is 0.304 e. The molecule has 0 amide bonds. The van der Waals surface area contributed by atoms with Crippen LogP contribution in [0, 0.1) is 17.8 Å². The number of rotatable bonds is 4. The maximum atomic E-state index is 12.4. The molecule has 0 fully saturated rings. The molecule has 130 valence electrons. The van der Waals surface area contributed by atoms with Gasteiger partial charge in [0, 0.05) is 30.9 Å². The number of Topliss-reactive ketones (excluding diaryl/α,β-unsaturated/α-hetero) is 1. The molecule has 0 unspecified atom stereocenters. The molecule has 0 bridgehead atoms. The van der Waals surface area contributed by atoms with E-state index in [4.69, 9.17) is 4.74 Å². The molecule has 0 saturated carbocycles. The Morgan fingerprint density at radius 2 is 1.73 bits per heavy atom. The van der Waals surface area contributed by atoms with Gasteiger partial charge in [-0.15, -0.1) is 0 Å². The van der Waals surface area contributed by atoms with Crippen molar-refractivity contribution in [3.8, 4) is 11.8 Å². The van der Waals surface area contributed by atoms with Crippen molar-refractivity contribution >= 4 is 11.8 Å². The Bertz CT molecular complexity index is 872. The first kappa shape index (κ1) is 17.7. The molecule has 2 aromatic carbocycles. The number of carbonyl (C=O) groups excluding carboxylic acids is 2. The third-order valence-corrected chi connectivity index (χ3v) is 4.26. The Morgan fingerprint density at radius 1 is 1.08 bits per heavy atom. The minimum Gasteiger partial charge on any atom is -0.442 e. The second-order valence-electron chi connectivity index (χ2n) is 6.42. The molecule has 3 nitrogen and oxygen atoms in total. The fourth-order valence-electron chi connectivity index (χ4n) is 3.09. The van der Waals surface area contributed by atoms with Crippen LogP contribution in [-0.4, -0.2) is 17.4 Å². The van der Waals surface area contributed by atoms with Crippen molar-refractivity contribution in [1.82, 2.24) is 0 Å². The molecular formula is C23H20O3. The van der Waals surface area contributed by atoms with Crippen molar-refractivity contribution in [2.45, 2.75) is 25.4 Å². The van der Waals surface area contributed by atoms with Crippen LogP contribution >= 0.6 is 0 Å². The molecule has 2 aromatic rings. The average Bonchev–Trinajstić information content (AvgIpc) is 3.03. The first-order chi connectivity index (χ1) is 12.6. The summed E-state index contributed by atoms with van der Waals surface area (Å²) in [5.74, 6) is 5.86. The molecule has 0 radical (unpaired) electrons. The Labute approximate surface area is 153 Å². The van der Waals surface area contributed by atoms with E-state index in [-0.39, 0.29) is 17.7 Å². The quantitative estimate of drug-likeness (QED) is 0.361. The Hall–Kier alpha value is -3.12. The van der Waals surface area contributed by atoms with E-state index < -0.39 is 5.60 Å². The van der Waals surface area contributed by atoms with Crippen molar-refractivity contribution in [1.29, 1.82) is 0 Å². The lowest BCUT2D eigenvalue weighted by Crippen LogP contribution is -2.29. The lowest BCUT2D eigenvalue weighted by atomic mass is 9.93. The first-order valence-electron chi connectivity index (χ1n) is 8.62. The molecule has 1 aliphatic rings. The molecule has 0 aliphatic heterocycles. The maximum absolute atomic E-state index is 12.4. The van der Waals surface area contributed by atoms with Crippen LogP contribution in [0.3, 0.4) is 0 Å². The summed E-state index contributed by atoms with van der Waals surface area (Å²) in [6.45, 7) is 1.38. The second-order valence-corrected chi connectivity index (χ2v) is 6.42. The summed E-state index contributed by atoms with van der Waals surface area (Å²) in [5.41, 5.74) is 0.584. The zero-order valence-electron chi connectivity index (χ0n) is 14.6. The van der Waals surface area contributed by atoms with Crippen LogP contribution in [0.5, 0.6) is 0 Å². The van der Waals surface area contributed by atoms with E-state index in [1.54, 1.807) is 0 Å². The normalized spacial score (nSPS) is 20.9. The molecule has 0 heterocycles. The van der Waals surface area contributed by atoms with Gasteiger partial charge in [0.05, 0.1) is 0 Å². The van der Waals surface area contributed by atoms with Gasteiger partial charge in [0.2, 0.25) is 0 Å². The highest BCUT2D eigenvalue weighted by molar-refractivity contribution is 5.96. The van der Waals surface area contributed by atoms with Gasteiger partial charge in [0.25, 0.3) is 0 Å². The van der Waals surface area contributed by atoms with Crippen LogP contribution in [0.1, 0.15) is 35.7 Å². The highest BCUT2D eigenvalue weighted by Gasteiger charge is 2.37. The van der Waals surface area contributed by atoms with Crippen molar-refractivity contribution in [2.75, 3.05) is 0 Å². The van der Waals surface area contributed by atoms with Gasteiger partial charge in [-0.05, 0) is 30.0 Å². The number of hydrogen-bond donors (Lipinski definition) is 0. The highest BCUT2D eigenvalue weighted by Crippen LogP contribution is 2.33. The summed E-state index contributed by atoms with van der Waals surface area (Å²) < 4.78 is 5.53. The Morgan fingerprint density at radius 3 is 2.38 bits per heavy atom. The third kappa shape index (κ3) is 4.49. The van der Waals surface area contributed by atoms with Crippen molar-refractivity contribution in [3.05, 3.63) is 83.9 Å². The van der Waals surface area contributed by atoms with E-state index >= 15 is 0 Å². The summed E-state index contributed by atoms with van der Waals surface area (Å²) in [6.07, 6.45) is 4.61. The summed E-state index contributed by atoms with van der Waals surface area (Å²) in [7, 11) is 0. The SMILES string of the molecule is CC(=O)O[C@]1(C#Cc2ccccc2)C=C[C@H](CC(=O)c2ccccc2)C1. The van der Waals surface area contributed by atoms with Crippen LogP contribution in [0.2, 0.25) is 0 Å². The van der Waals surface area contributed by atoms with Crippen LogP contribution in [0.25, 0.3) is 0 Å². The molecule has 0 N–H and O–H groups in total. The van der Waals surface area contributed by atoms with Crippen LogP contribution in [0.4, 0.5) is 0 Å². The van der Waals surface area contributed by atoms with E-state index in [2.05, 4.69) is 11.8 Å². The first-order valence-corrected chi connectivity index (χ1v) is 8.62. The monoisotopic (exact) mass is 344 g/mol. The number of ether oxygens (including phenoxy) is 1. The third-order valence-electron chi connectivity index (χ3n) is 4.26. The van der Waals surface area contributed by atoms with Crippen molar-refractivity contribution < 1.29 is 14.3 Å². The van der Waals surface area contributed by atoms with Crippen molar-refractivity contribution in [2.24, 2.45) is 5.92 Å². The zero-order valence-corrected chi connectivity index (χ0v) is 14.6. The summed E-state index contributed by atoms with van der Waals surface area (Å²) in [6, 6.07) is 18.8. The molecule has 0 aromatic heterocycles. The molecule has 0 spiro atoms. The molecule has 0 saturated heterocycles. The summed E-state index contributed by atoms with van der Waals surface area (Å²) in [5, 5.41) is 0. The van der Waals surface area contributed by atoms with E-state index in [9.17, 15) is 9.59 Å². The molecule has 26 heavy (non-hydrogen) atoms. The van der Waals surface area contributed by atoms with E-state index in [1.165, 1.54) is 6.92 Å². The number of allylic oxidation sites excluding steroid dienone is 1. The zero-order chi connectivity index (χ0) is 18.4. The number of hydrogen-bond acceptors (Lipinski definition) is 3. The minimum atomic E-state index is -0.969. The molecule has 2 atom stereocenters. The van der Waals surface area contributed by atoms with Gasteiger partial charge in [0.15, 0.2) is 11.4 Å². The second kappa shape index (κ2) is 7.84. The van der Waals surface area contributed by atoms with Gasteiger partial charge in [-0.2, -0.15) is 0 Å². The minimum absolute atomic E-state index is 0.00729. The topological polar surface area (TPSA) is 43.4 Å². The maximum Gasteiger partial charge on any atom is 0.304 e. The number of benzene rings is 2.